The van der Waals surface area contributed by atoms with E-state index >= 15 is 0 Å². The number of hydrogen-bond donors (Lipinski definition) is 1. The molecule has 21 heavy (non-hydrogen) atoms. The average Bonchev–Trinajstić information content (AvgIpc) is 2.47. The summed E-state index contributed by atoms with van der Waals surface area (Å²) in [6.45, 7) is 5.97. The van der Waals surface area contributed by atoms with Crippen molar-refractivity contribution in [2.75, 3.05) is 19.6 Å². The molecular weight excluding hydrogens is 288 g/mol. The smallest absolute Gasteiger partial charge is 0.252 e. The highest BCUT2D eigenvalue weighted by atomic mass is 35.5. The maximum atomic E-state index is 12.1. The fourth-order valence-electron chi connectivity index (χ4n) is 2.08. The number of nitrogens with one attached hydrogen (secondary N) is 1. The van der Waals surface area contributed by atoms with E-state index in [1.165, 1.54) is 0 Å². The summed E-state index contributed by atoms with van der Waals surface area (Å²) < 4.78 is 0. The first kappa shape index (κ1) is 17.5. The molecule has 0 unspecified atom stereocenters. The van der Waals surface area contributed by atoms with E-state index in [1.54, 1.807) is 24.3 Å². The third-order valence-electron chi connectivity index (χ3n) is 3.08. The maximum Gasteiger partial charge on any atom is 0.252 e. The molecule has 0 saturated heterocycles. The van der Waals surface area contributed by atoms with Crippen LogP contribution in [0.3, 0.4) is 0 Å². The predicted molar refractivity (Wildman–Crippen MR) is 85.6 cm³/mol. The molecule has 0 aromatic heterocycles. The van der Waals surface area contributed by atoms with E-state index in [1.807, 2.05) is 4.90 Å². The number of carbonyl (C=O) groups excluding carboxylic acids is 2. The fraction of sp³-hybridized carbons (Fsp3) is 0.500. The van der Waals surface area contributed by atoms with Crippen LogP contribution in [-0.2, 0) is 4.79 Å². The molecule has 0 atom stereocenters. The summed E-state index contributed by atoms with van der Waals surface area (Å²) in [5, 5.41) is 3.16. The number of rotatable bonds is 8. The standard InChI is InChI=1S/C16H23ClN2O2/c1-3-11-19(12-4-2)15(20)9-10-18-16(21)13-7-5-6-8-14(13)17/h5-8H,3-4,9-12H2,1-2H3,(H,18,21). The molecule has 4 nitrogen and oxygen atoms in total. The Morgan fingerprint density at radius 2 is 1.76 bits per heavy atom. The topological polar surface area (TPSA) is 49.4 Å². The van der Waals surface area contributed by atoms with Crippen LogP contribution in [0.5, 0.6) is 0 Å². The molecule has 1 N–H and O–H groups in total. The highest BCUT2D eigenvalue weighted by molar-refractivity contribution is 6.33. The zero-order valence-electron chi connectivity index (χ0n) is 12.7. The van der Waals surface area contributed by atoms with E-state index in [0.29, 0.717) is 23.6 Å². The lowest BCUT2D eigenvalue weighted by Gasteiger charge is -2.21. The zero-order chi connectivity index (χ0) is 15.7. The normalized spacial score (nSPS) is 10.2. The Kier molecular flexibility index (Phi) is 7.83. The van der Waals surface area contributed by atoms with Crippen LogP contribution in [0.2, 0.25) is 5.02 Å². The van der Waals surface area contributed by atoms with Crippen LogP contribution in [0.15, 0.2) is 24.3 Å². The molecule has 2 amide bonds. The van der Waals surface area contributed by atoms with Gasteiger partial charge < -0.3 is 10.2 Å². The van der Waals surface area contributed by atoms with Gasteiger partial charge in [-0.2, -0.15) is 0 Å². The Hall–Kier alpha value is -1.55. The first-order valence-corrected chi connectivity index (χ1v) is 7.78. The van der Waals surface area contributed by atoms with Gasteiger partial charge in [0.1, 0.15) is 0 Å². The predicted octanol–water partition coefficient (Wildman–Crippen LogP) is 3.11. The highest BCUT2D eigenvalue weighted by Crippen LogP contribution is 2.14. The van der Waals surface area contributed by atoms with Crippen molar-refractivity contribution < 1.29 is 9.59 Å². The van der Waals surface area contributed by atoms with Gasteiger partial charge in [0.05, 0.1) is 10.6 Å². The lowest BCUT2D eigenvalue weighted by molar-refractivity contribution is -0.131. The van der Waals surface area contributed by atoms with Crippen molar-refractivity contribution in [3.05, 3.63) is 34.9 Å². The van der Waals surface area contributed by atoms with Crippen molar-refractivity contribution in [3.63, 3.8) is 0 Å². The van der Waals surface area contributed by atoms with Crippen LogP contribution in [-0.4, -0.2) is 36.3 Å². The minimum atomic E-state index is -0.245. The van der Waals surface area contributed by atoms with Crippen molar-refractivity contribution in [2.45, 2.75) is 33.1 Å². The number of carbonyl (C=O) groups is 2. The highest BCUT2D eigenvalue weighted by Gasteiger charge is 2.13. The van der Waals surface area contributed by atoms with Gasteiger partial charge in [-0.3, -0.25) is 9.59 Å². The first-order valence-electron chi connectivity index (χ1n) is 7.40. The number of hydrogen-bond acceptors (Lipinski definition) is 2. The minimum Gasteiger partial charge on any atom is -0.351 e. The summed E-state index contributed by atoms with van der Waals surface area (Å²) in [6, 6.07) is 6.87. The van der Waals surface area contributed by atoms with Crippen LogP contribution in [0.4, 0.5) is 0 Å². The third kappa shape index (κ3) is 5.76. The van der Waals surface area contributed by atoms with Gasteiger partial charge in [-0.05, 0) is 25.0 Å². The van der Waals surface area contributed by atoms with Gasteiger partial charge in [-0.1, -0.05) is 37.6 Å². The molecule has 1 rings (SSSR count). The second kappa shape index (κ2) is 9.40. The van der Waals surface area contributed by atoms with E-state index < -0.39 is 0 Å². The van der Waals surface area contributed by atoms with E-state index in [-0.39, 0.29) is 11.8 Å². The van der Waals surface area contributed by atoms with Crippen molar-refractivity contribution in [1.29, 1.82) is 0 Å². The SMILES string of the molecule is CCCN(CCC)C(=O)CCNC(=O)c1ccccc1Cl. The third-order valence-corrected chi connectivity index (χ3v) is 3.41. The lowest BCUT2D eigenvalue weighted by atomic mass is 10.2. The largest absolute Gasteiger partial charge is 0.351 e. The Labute approximate surface area is 131 Å². The summed E-state index contributed by atoms with van der Waals surface area (Å²) in [5.74, 6) is -0.163. The second-order valence-corrected chi connectivity index (χ2v) is 5.27. The zero-order valence-corrected chi connectivity index (χ0v) is 13.4. The van der Waals surface area contributed by atoms with Gasteiger partial charge in [0, 0.05) is 26.1 Å². The van der Waals surface area contributed by atoms with Crippen LogP contribution in [0, 0.1) is 0 Å². The molecule has 116 valence electrons. The summed E-state index contributed by atoms with van der Waals surface area (Å²) in [4.78, 5) is 25.9. The van der Waals surface area contributed by atoms with Gasteiger partial charge in [0.15, 0.2) is 0 Å². The molecule has 0 aliphatic rings. The number of benzene rings is 1. The fourth-order valence-corrected chi connectivity index (χ4v) is 2.30. The Balaban J connectivity index is 2.43. The van der Waals surface area contributed by atoms with Gasteiger partial charge in [-0.25, -0.2) is 0 Å². The summed E-state index contributed by atoms with van der Waals surface area (Å²) in [5.41, 5.74) is 0.436. The Morgan fingerprint density at radius 3 is 2.33 bits per heavy atom. The molecular formula is C16H23ClN2O2. The molecule has 0 fully saturated rings. The monoisotopic (exact) mass is 310 g/mol. The molecule has 1 aromatic carbocycles. The van der Waals surface area contributed by atoms with Crippen LogP contribution in [0.25, 0.3) is 0 Å². The van der Waals surface area contributed by atoms with E-state index in [4.69, 9.17) is 11.6 Å². The van der Waals surface area contributed by atoms with Crippen LogP contribution < -0.4 is 5.32 Å². The maximum absolute atomic E-state index is 12.1. The summed E-state index contributed by atoms with van der Waals surface area (Å²) >= 11 is 5.96. The van der Waals surface area contributed by atoms with Gasteiger partial charge in [0.2, 0.25) is 5.91 Å². The average molecular weight is 311 g/mol. The molecule has 0 radical (unpaired) electrons. The molecule has 0 aliphatic carbocycles. The lowest BCUT2D eigenvalue weighted by Crippen LogP contribution is -2.35. The van der Waals surface area contributed by atoms with Crippen molar-refractivity contribution in [2.24, 2.45) is 0 Å². The van der Waals surface area contributed by atoms with Gasteiger partial charge in [-0.15, -0.1) is 0 Å². The van der Waals surface area contributed by atoms with E-state index in [2.05, 4.69) is 19.2 Å². The van der Waals surface area contributed by atoms with Crippen molar-refractivity contribution in [1.82, 2.24) is 10.2 Å². The van der Waals surface area contributed by atoms with Gasteiger partial charge >= 0.3 is 0 Å². The Bertz CT molecular complexity index is 471. The van der Waals surface area contributed by atoms with E-state index in [0.717, 1.165) is 25.9 Å². The van der Waals surface area contributed by atoms with Crippen molar-refractivity contribution in [3.8, 4) is 0 Å². The summed E-state index contributed by atoms with van der Waals surface area (Å²) in [7, 11) is 0. The first-order chi connectivity index (χ1) is 10.1. The summed E-state index contributed by atoms with van der Waals surface area (Å²) in [6.07, 6.45) is 2.20. The quantitative estimate of drug-likeness (QED) is 0.802. The Morgan fingerprint density at radius 1 is 1.14 bits per heavy atom. The number of amides is 2. The molecule has 0 bridgehead atoms. The molecule has 0 aliphatic heterocycles. The molecule has 0 saturated carbocycles. The van der Waals surface area contributed by atoms with E-state index in [9.17, 15) is 9.59 Å². The van der Waals surface area contributed by atoms with Gasteiger partial charge in [0.25, 0.3) is 5.91 Å². The number of nitrogens with zero attached hydrogens (tertiary/aromatic N) is 1. The van der Waals surface area contributed by atoms with Crippen molar-refractivity contribution >= 4 is 23.4 Å². The molecule has 5 heteroatoms. The minimum absolute atomic E-state index is 0.0816. The van der Waals surface area contributed by atoms with Crippen LogP contribution in [0.1, 0.15) is 43.5 Å². The molecule has 1 aromatic rings. The molecule has 0 heterocycles. The molecule has 0 spiro atoms. The second-order valence-electron chi connectivity index (χ2n) is 4.87. The number of halogens is 1. The van der Waals surface area contributed by atoms with Crippen LogP contribution >= 0.6 is 11.6 Å².